The second-order valence-electron chi connectivity index (χ2n) is 3.70. The second-order valence-corrected chi connectivity index (χ2v) is 3.70. The van der Waals surface area contributed by atoms with Crippen molar-refractivity contribution in [2.24, 2.45) is 0 Å². The Morgan fingerprint density at radius 1 is 1.35 bits per heavy atom. The summed E-state index contributed by atoms with van der Waals surface area (Å²) in [6, 6.07) is 6.76. The fourth-order valence-electron chi connectivity index (χ4n) is 1.18. The standard InChI is InChI=1S/C12H16N2O3/c1-14(2)11(15)8-13-12(16)9-5-4-6-10(7-9)17-3/h4-7H,8H2,1-3H3,(H,13,16). The van der Waals surface area contributed by atoms with Crippen molar-refractivity contribution in [3.05, 3.63) is 29.8 Å². The first-order valence-corrected chi connectivity index (χ1v) is 5.17. The highest BCUT2D eigenvalue weighted by atomic mass is 16.5. The number of nitrogens with one attached hydrogen (secondary N) is 1. The first-order chi connectivity index (χ1) is 8.04. The van der Waals surface area contributed by atoms with Crippen LogP contribution in [0.15, 0.2) is 24.3 Å². The van der Waals surface area contributed by atoms with Crippen LogP contribution in [0.4, 0.5) is 0 Å². The summed E-state index contributed by atoms with van der Waals surface area (Å²) in [4.78, 5) is 24.4. The molecule has 0 unspecified atom stereocenters. The SMILES string of the molecule is COc1cccc(C(=O)NCC(=O)N(C)C)c1. The van der Waals surface area contributed by atoms with Crippen molar-refractivity contribution < 1.29 is 14.3 Å². The van der Waals surface area contributed by atoms with Crippen LogP contribution in [0.3, 0.4) is 0 Å². The lowest BCUT2D eigenvalue weighted by molar-refractivity contribution is -0.127. The van der Waals surface area contributed by atoms with Crippen LogP contribution in [0.5, 0.6) is 5.75 Å². The maximum Gasteiger partial charge on any atom is 0.251 e. The summed E-state index contributed by atoms with van der Waals surface area (Å²) in [7, 11) is 4.81. The van der Waals surface area contributed by atoms with Crippen molar-refractivity contribution in [2.45, 2.75) is 0 Å². The third-order valence-electron chi connectivity index (χ3n) is 2.23. The Morgan fingerprint density at radius 2 is 2.06 bits per heavy atom. The number of hydrogen-bond donors (Lipinski definition) is 1. The number of rotatable bonds is 4. The molecule has 5 heteroatoms. The maximum atomic E-state index is 11.7. The van der Waals surface area contributed by atoms with Gasteiger partial charge in [0, 0.05) is 19.7 Å². The summed E-state index contributed by atoms with van der Waals surface area (Å²) in [6.45, 7) is -0.0109. The summed E-state index contributed by atoms with van der Waals surface area (Å²) in [5.74, 6) is 0.164. The van der Waals surface area contributed by atoms with Gasteiger partial charge in [-0.1, -0.05) is 6.07 Å². The molecule has 0 fully saturated rings. The van der Waals surface area contributed by atoms with Gasteiger partial charge in [-0.15, -0.1) is 0 Å². The Hall–Kier alpha value is -2.04. The van der Waals surface area contributed by atoms with E-state index in [2.05, 4.69) is 5.32 Å². The lowest BCUT2D eigenvalue weighted by Crippen LogP contribution is -2.36. The molecule has 0 saturated heterocycles. The fraction of sp³-hybridized carbons (Fsp3) is 0.333. The van der Waals surface area contributed by atoms with Crippen molar-refractivity contribution in [1.29, 1.82) is 0 Å². The number of ether oxygens (including phenoxy) is 1. The number of carbonyl (C=O) groups excluding carboxylic acids is 2. The molecule has 0 aliphatic rings. The minimum absolute atomic E-state index is 0.0109. The van der Waals surface area contributed by atoms with Crippen molar-refractivity contribution in [1.82, 2.24) is 10.2 Å². The highest BCUT2D eigenvalue weighted by molar-refractivity contribution is 5.96. The fourth-order valence-corrected chi connectivity index (χ4v) is 1.18. The highest BCUT2D eigenvalue weighted by Crippen LogP contribution is 2.12. The molecule has 0 aliphatic heterocycles. The average molecular weight is 236 g/mol. The van der Waals surface area contributed by atoms with Crippen LogP contribution in [0.2, 0.25) is 0 Å². The van der Waals surface area contributed by atoms with Gasteiger partial charge in [0.15, 0.2) is 0 Å². The van der Waals surface area contributed by atoms with E-state index in [1.54, 1.807) is 38.4 Å². The van der Waals surface area contributed by atoms with Crippen molar-refractivity contribution >= 4 is 11.8 Å². The molecule has 92 valence electrons. The Kier molecular flexibility index (Phi) is 4.51. The molecule has 0 saturated carbocycles. The Bertz CT molecular complexity index is 416. The zero-order valence-corrected chi connectivity index (χ0v) is 10.2. The average Bonchev–Trinajstić information content (AvgIpc) is 2.35. The van der Waals surface area contributed by atoms with Gasteiger partial charge in [0.1, 0.15) is 5.75 Å². The van der Waals surface area contributed by atoms with E-state index in [9.17, 15) is 9.59 Å². The van der Waals surface area contributed by atoms with Crippen LogP contribution in [0.25, 0.3) is 0 Å². The molecule has 5 nitrogen and oxygen atoms in total. The molecule has 0 atom stereocenters. The van der Waals surface area contributed by atoms with Gasteiger partial charge in [0.05, 0.1) is 13.7 Å². The van der Waals surface area contributed by atoms with E-state index in [0.717, 1.165) is 0 Å². The predicted octanol–water partition coefficient (Wildman–Crippen LogP) is 0.513. The summed E-state index contributed by atoms with van der Waals surface area (Å²) in [5.41, 5.74) is 0.468. The van der Waals surface area contributed by atoms with E-state index in [4.69, 9.17) is 4.74 Å². The molecular weight excluding hydrogens is 220 g/mol. The smallest absolute Gasteiger partial charge is 0.251 e. The quantitative estimate of drug-likeness (QED) is 0.828. The number of benzene rings is 1. The second kappa shape index (κ2) is 5.89. The molecule has 0 spiro atoms. The molecule has 1 rings (SSSR count). The number of amides is 2. The van der Waals surface area contributed by atoms with Gasteiger partial charge in [-0.3, -0.25) is 9.59 Å². The van der Waals surface area contributed by atoms with Crippen LogP contribution in [0.1, 0.15) is 10.4 Å². The summed E-state index contributed by atoms with van der Waals surface area (Å²) in [5, 5.41) is 2.55. The Balaban J connectivity index is 2.61. The van der Waals surface area contributed by atoms with Crippen molar-refractivity contribution in [3.63, 3.8) is 0 Å². The molecule has 0 radical (unpaired) electrons. The molecule has 17 heavy (non-hydrogen) atoms. The molecule has 0 aromatic heterocycles. The first-order valence-electron chi connectivity index (χ1n) is 5.17. The largest absolute Gasteiger partial charge is 0.497 e. The minimum Gasteiger partial charge on any atom is -0.497 e. The van der Waals surface area contributed by atoms with Crippen LogP contribution in [0, 0.1) is 0 Å². The number of carbonyl (C=O) groups is 2. The lowest BCUT2D eigenvalue weighted by atomic mass is 10.2. The monoisotopic (exact) mass is 236 g/mol. The van der Waals surface area contributed by atoms with Gasteiger partial charge >= 0.3 is 0 Å². The van der Waals surface area contributed by atoms with E-state index in [1.807, 2.05) is 0 Å². The van der Waals surface area contributed by atoms with Crippen molar-refractivity contribution in [2.75, 3.05) is 27.7 Å². The third kappa shape index (κ3) is 3.79. The lowest BCUT2D eigenvalue weighted by Gasteiger charge is -2.11. The molecule has 1 aromatic rings. The van der Waals surface area contributed by atoms with Gasteiger partial charge in [0.2, 0.25) is 5.91 Å². The van der Waals surface area contributed by atoms with Crippen LogP contribution >= 0.6 is 0 Å². The number of methoxy groups -OCH3 is 1. The minimum atomic E-state index is -0.292. The number of hydrogen-bond acceptors (Lipinski definition) is 3. The molecule has 0 heterocycles. The zero-order valence-electron chi connectivity index (χ0n) is 10.2. The summed E-state index contributed by atoms with van der Waals surface area (Å²) in [6.07, 6.45) is 0. The maximum absolute atomic E-state index is 11.7. The summed E-state index contributed by atoms with van der Waals surface area (Å²) >= 11 is 0. The molecular formula is C12H16N2O3. The molecule has 2 amide bonds. The van der Waals surface area contributed by atoms with E-state index in [1.165, 1.54) is 12.0 Å². The Morgan fingerprint density at radius 3 is 2.65 bits per heavy atom. The normalized spacial score (nSPS) is 9.59. The van der Waals surface area contributed by atoms with Crippen LogP contribution < -0.4 is 10.1 Å². The molecule has 1 aromatic carbocycles. The van der Waals surface area contributed by atoms with Gasteiger partial charge in [-0.05, 0) is 18.2 Å². The van der Waals surface area contributed by atoms with Gasteiger partial charge in [-0.2, -0.15) is 0 Å². The van der Waals surface area contributed by atoms with Crippen LogP contribution in [-0.2, 0) is 4.79 Å². The van der Waals surface area contributed by atoms with E-state index < -0.39 is 0 Å². The Labute approximate surface area is 100 Å². The van der Waals surface area contributed by atoms with Gasteiger partial charge < -0.3 is 15.0 Å². The van der Waals surface area contributed by atoms with E-state index in [0.29, 0.717) is 11.3 Å². The van der Waals surface area contributed by atoms with Crippen molar-refractivity contribution in [3.8, 4) is 5.75 Å². The topological polar surface area (TPSA) is 58.6 Å². The first kappa shape index (κ1) is 13.0. The van der Waals surface area contributed by atoms with E-state index in [-0.39, 0.29) is 18.4 Å². The summed E-state index contributed by atoms with van der Waals surface area (Å²) < 4.78 is 5.01. The highest BCUT2D eigenvalue weighted by Gasteiger charge is 2.09. The number of nitrogens with zero attached hydrogens (tertiary/aromatic N) is 1. The zero-order chi connectivity index (χ0) is 12.8. The van der Waals surface area contributed by atoms with Crippen LogP contribution in [-0.4, -0.2) is 44.5 Å². The van der Waals surface area contributed by atoms with Gasteiger partial charge in [0.25, 0.3) is 5.91 Å². The third-order valence-corrected chi connectivity index (χ3v) is 2.23. The van der Waals surface area contributed by atoms with E-state index >= 15 is 0 Å². The predicted molar refractivity (Wildman–Crippen MR) is 64.0 cm³/mol. The molecule has 1 N–H and O–H groups in total. The molecule has 0 bridgehead atoms. The number of likely N-dealkylation sites (N-methyl/N-ethyl adjacent to an activating group) is 1. The van der Waals surface area contributed by atoms with Gasteiger partial charge in [-0.25, -0.2) is 0 Å². The molecule has 0 aliphatic carbocycles.